The van der Waals surface area contributed by atoms with Crippen molar-refractivity contribution in [2.45, 2.75) is 52.0 Å². The van der Waals surface area contributed by atoms with E-state index in [4.69, 9.17) is 0 Å². The molecule has 1 aliphatic carbocycles. The molecule has 2 nitrogen and oxygen atoms in total. The molecule has 0 spiro atoms. The highest BCUT2D eigenvalue weighted by atomic mass is 32.1. The van der Waals surface area contributed by atoms with E-state index in [1.165, 1.54) is 37.0 Å². The van der Waals surface area contributed by atoms with Gasteiger partial charge in [0.1, 0.15) is 0 Å². The van der Waals surface area contributed by atoms with Gasteiger partial charge < -0.3 is 10.4 Å². The standard InChI is InChI=1S/C16H27NOS/c1-13(2)15(14-7-6-10-19-14)17-11-16(12-18)8-4-3-5-9-16/h6-7,10,13,15,17-18H,3-5,8-9,11-12H2,1-2H3. The predicted molar refractivity (Wildman–Crippen MR) is 82.5 cm³/mol. The number of aliphatic hydroxyl groups is 1. The Morgan fingerprint density at radius 3 is 2.58 bits per heavy atom. The molecule has 108 valence electrons. The Kier molecular flexibility index (Phi) is 5.43. The highest BCUT2D eigenvalue weighted by Crippen LogP contribution is 2.36. The van der Waals surface area contributed by atoms with E-state index in [0.29, 0.717) is 18.6 Å². The zero-order valence-corrected chi connectivity index (χ0v) is 13.0. The molecule has 1 saturated carbocycles. The SMILES string of the molecule is CC(C)C(NCC1(CO)CCCCC1)c1cccs1. The summed E-state index contributed by atoms with van der Waals surface area (Å²) in [5.41, 5.74) is 0.128. The van der Waals surface area contributed by atoms with Gasteiger partial charge in [-0.15, -0.1) is 11.3 Å². The largest absolute Gasteiger partial charge is 0.396 e. The van der Waals surface area contributed by atoms with Crippen LogP contribution in [0.4, 0.5) is 0 Å². The van der Waals surface area contributed by atoms with Gasteiger partial charge >= 0.3 is 0 Å². The van der Waals surface area contributed by atoms with Gasteiger partial charge in [0, 0.05) is 29.5 Å². The fraction of sp³-hybridized carbons (Fsp3) is 0.750. The number of hydrogen-bond acceptors (Lipinski definition) is 3. The third-order valence-electron chi connectivity index (χ3n) is 4.46. The summed E-state index contributed by atoms with van der Waals surface area (Å²) in [7, 11) is 0. The fourth-order valence-corrected chi connectivity index (χ4v) is 4.13. The molecule has 1 aliphatic rings. The van der Waals surface area contributed by atoms with Crippen LogP contribution in [-0.4, -0.2) is 18.3 Å². The van der Waals surface area contributed by atoms with Crippen molar-refractivity contribution in [2.24, 2.45) is 11.3 Å². The number of thiophene rings is 1. The van der Waals surface area contributed by atoms with Gasteiger partial charge in [-0.25, -0.2) is 0 Å². The summed E-state index contributed by atoms with van der Waals surface area (Å²) in [4.78, 5) is 1.42. The predicted octanol–water partition coefficient (Wildman–Crippen LogP) is 3.98. The van der Waals surface area contributed by atoms with Crippen LogP contribution in [0.25, 0.3) is 0 Å². The highest BCUT2D eigenvalue weighted by molar-refractivity contribution is 7.10. The molecule has 0 amide bonds. The van der Waals surface area contributed by atoms with Gasteiger partial charge in [0.05, 0.1) is 0 Å². The minimum Gasteiger partial charge on any atom is -0.396 e. The van der Waals surface area contributed by atoms with E-state index >= 15 is 0 Å². The molecule has 2 rings (SSSR count). The van der Waals surface area contributed by atoms with E-state index in [9.17, 15) is 5.11 Å². The maximum absolute atomic E-state index is 9.79. The Labute approximate surface area is 121 Å². The molecule has 0 saturated heterocycles. The Hall–Kier alpha value is -0.380. The molecule has 19 heavy (non-hydrogen) atoms. The Morgan fingerprint density at radius 2 is 2.05 bits per heavy atom. The summed E-state index contributed by atoms with van der Waals surface area (Å²) in [6, 6.07) is 4.76. The Bertz CT molecular complexity index is 355. The molecule has 2 N–H and O–H groups in total. The van der Waals surface area contributed by atoms with Crippen molar-refractivity contribution in [3.63, 3.8) is 0 Å². The topological polar surface area (TPSA) is 32.3 Å². The van der Waals surface area contributed by atoms with Gasteiger partial charge in [0.15, 0.2) is 0 Å². The third kappa shape index (κ3) is 3.80. The Morgan fingerprint density at radius 1 is 1.32 bits per heavy atom. The molecule has 1 fully saturated rings. The zero-order valence-electron chi connectivity index (χ0n) is 12.2. The second kappa shape index (κ2) is 6.87. The minimum absolute atomic E-state index is 0.128. The van der Waals surface area contributed by atoms with E-state index in [1.54, 1.807) is 0 Å². The van der Waals surface area contributed by atoms with Crippen LogP contribution in [0.2, 0.25) is 0 Å². The summed E-state index contributed by atoms with van der Waals surface area (Å²) in [6.45, 7) is 5.81. The lowest BCUT2D eigenvalue weighted by atomic mass is 9.74. The number of rotatable bonds is 6. The molecule has 1 heterocycles. The van der Waals surface area contributed by atoms with Crippen molar-refractivity contribution >= 4 is 11.3 Å². The molecule has 1 aromatic heterocycles. The highest BCUT2D eigenvalue weighted by Gasteiger charge is 2.32. The smallest absolute Gasteiger partial charge is 0.0499 e. The zero-order chi connectivity index (χ0) is 13.7. The van der Waals surface area contributed by atoms with Crippen molar-refractivity contribution in [1.82, 2.24) is 5.32 Å². The van der Waals surface area contributed by atoms with Crippen molar-refractivity contribution < 1.29 is 5.11 Å². The summed E-state index contributed by atoms with van der Waals surface area (Å²) >= 11 is 1.83. The minimum atomic E-state index is 0.128. The Balaban J connectivity index is 1.98. The molecule has 1 aromatic rings. The average molecular weight is 281 g/mol. The van der Waals surface area contributed by atoms with E-state index < -0.39 is 0 Å². The molecule has 1 unspecified atom stereocenters. The van der Waals surface area contributed by atoms with E-state index in [0.717, 1.165) is 6.54 Å². The van der Waals surface area contributed by atoms with E-state index in [1.807, 2.05) is 11.3 Å². The molecule has 3 heteroatoms. The summed E-state index contributed by atoms with van der Waals surface area (Å²) in [6.07, 6.45) is 6.22. The van der Waals surface area contributed by atoms with Gasteiger partial charge in [0.25, 0.3) is 0 Å². The van der Waals surface area contributed by atoms with Crippen LogP contribution in [-0.2, 0) is 0 Å². The second-order valence-electron chi connectivity index (χ2n) is 6.34. The normalized spacial score (nSPS) is 20.6. The summed E-state index contributed by atoms with van der Waals surface area (Å²) in [5.74, 6) is 0.581. The van der Waals surface area contributed by atoms with Crippen molar-refractivity contribution in [2.75, 3.05) is 13.2 Å². The number of aliphatic hydroxyl groups excluding tert-OH is 1. The van der Waals surface area contributed by atoms with Crippen molar-refractivity contribution in [3.05, 3.63) is 22.4 Å². The summed E-state index contributed by atoms with van der Waals surface area (Å²) < 4.78 is 0. The molecule has 0 radical (unpaired) electrons. The van der Waals surface area contributed by atoms with Crippen LogP contribution in [0.5, 0.6) is 0 Å². The van der Waals surface area contributed by atoms with Crippen molar-refractivity contribution in [3.8, 4) is 0 Å². The molecule has 0 bridgehead atoms. The van der Waals surface area contributed by atoms with E-state index in [-0.39, 0.29) is 5.41 Å². The van der Waals surface area contributed by atoms with Gasteiger partial charge in [-0.3, -0.25) is 0 Å². The first-order valence-corrected chi connectivity index (χ1v) is 8.42. The first-order chi connectivity index (χ1) is 9.17. The first-order valence-electron chi connectivity index (χ1n) is 7.54. The number of nitrogens with one attached hydrogen (secondary N) is 1. The molecule has 0 aliphatic heterocycles. The van der Waals surface area contributed by atoms with E-state index in [2.05, 4.69) is 36.7 Å². The van der Waals surface area contributed by atoms with Crippen molar-refractivity contribution in [1.29, 1.82) is 0 Å². The van der Waals surface area contributed by atoms with Crippen LogP contribution in [0.3, 0.4) is 0 Å². The second-order valence-corrected chi connectivity index (χ2v) is 7.32. The maximum Gasteiger partial charge on any atom is 0.0499 e. The molecular formula is C16H27NOS. The van der Waals surface area contributed by atoms with Crippen LogP contribution >= 0.6 is 11.3 Å². The molecular weight excluding hydrogens is 254 g/mol. The number of hydrogen-bond donors (Lipinski definition) is 2. The van der Waals surface area contributed by atoms with Crippen LogP contribution in [0, 0.1) is 11.3 Å². The monoisotopic (exact) mass is 281 g/mol. The quantitative estimate of drug-likeness (QED) is 0.826. The van der Waals surface area contributed by atoms with Crippen LogP contribution < -0.4 is 5.32 Å². The van der Waals surface area contributed by atoms with Crippen LogP contribution in [0.1, 0.15) is 56.9 Å². The lowest BCUT2D eigenvalue weighted by Crippen LogP contribution is -2.41. The molecule has 1 atom stereocenters. The van der Waals surface area contributed by atoms with Gasteiger partial charge in [-0.2, -0.15) is 0 Å². The average Bonchev–Trinajstić information content (AvgIpc) is 2.93. The molecule has 0 aromatic carbocycles. The maximum atomic E-state index is 9.79. The van der Waals surface area contributed by atoms with Crippen LogP contribution in [0.15, 0.2) is 17.5 Å². The van der Waals surface area contributed by atoms with Gasteiger partial charge in [0.2, 0.25) is 0 Å². The van der Waals surface area contributed by atoms with Gasteiger partial charge in [-0.1, -0.05) is 39.2 Å². The fourth-order valence-electron chi connectivity index (χ4n) is 3.15. The lowest BCUT2D eigenvalue weighted by molar-refractivity contribution is 0.0764. The van der Waals surface area contributed by atoms with Gasteiger partial charge in [-0.05, 0) is 30.2 Å². The third-order valence-corrected chi connectivity index (χ3v) is 5.42. The summed E-state index contributed by atoms with van der Waals surface area (Å²) in [5, 5.41) is 15.7. The first kappa shape index (κ1) is 15.0. The lowest BCUT2D eigenvalue weighted by Gasteiger charge is -2.37.